The second kappa shape index (κ2) is 4.41. The zero-order valence-electron chi connectivity index (χ0n) is 10.1. The maximum absolute atomic E-state index is 12.2. The van der Waals surface area contributed by atoms with Crippen LogP contribution >= 0.6 is 0 Å². The van der Waals surface area contributed by atoms with Crippen LogP contribution in [0.4, 0.5) is 5.82 Å². The number of nitrogens with one attached hydrogen (secondary N) is 1. The SMILES string of the molecule is N#Cc1ccc(NC(=O)C(C2CC2)C2CC2)nc1. The van der Waals surface area contributed by atoms with Crippen LogP contribution in [0.2, 0.25) is 0 Å². The standard InChI is InChI=1S/C14H15N3O/c15-7-9-1-6-12(16-8-9)17-14(18)13(10-2-3-10)11-4-5-11/h1,6,8,10-11,13H,2-5H2,(H,16,17,18). The van der Waals surface area contributed by atoms with Crippen LogP contribution in [-0.2, 0) is 4.79 Å². The minimum atomic E-state index is 0.109. The summed E-state index contributed by atoms with van der Waals surface area (Å²) < 4.78 is 0. The predicted molar refractivity (Wildman–Crippen MR) is 66.5 cm³/mol. The molecule has 1 heterocycles. The molecular weight excluding hydrogens is 226 g/mol. The van der Waals surface area contributed by atoms with Crippen molar-refractivity contribution in [3.63, 3.8) is 0 Å². The number of rotatable bonds is 4. The van der Waals surface area contributed by atoms with Crippen molar-refractivity contribution >= 4 is 11.7 Å². The highest BCUT2D eigenvalue weighted by atomic mass is 16.2. The molecule has 2 fully saturated rings. The summed E-state index contributed by atoms with van der Waals surface area (Å²) in [6.07, 6.45) is 6.24. The Kier molecular flexibility index (Phi) is 2.75. The van der Waals surface area contributed by atoms with Crippen molar-refractivity contribution in [1.82, 2.24) is 4.98 Å². The van der Waals surface area contributed by atoms with E-state index in [-0.39, 0.29) is 11.8 Å². The van der Waals surface area contributed by atoms with Crippen LogP contribution < -0.4 is 5.32 Å². The number of hydrogen-bond donors (Lipinski definition) is 1. The van der Waals surface area contributed by atoms with Gasteiger partial charge in [-0.2, -0.15) is 5.26 Å². The molecule has 0 unspecified atom stereocenters. The van der Waals surface area contributed by atoms with E-state index < -0.39 is 0 Å². The van der Waals surface area contributed by atoms with Crippen LogP contribution in [0, 0.1) is 29.1 Å². The summed E-state index contributed by atoms with van der Waals surface area (Å²) in [5, 5.41) is 11.6. The van der Waals surface area contributed by atoms with Gasteiger partial charge in [-0.1, -0.05) is 0 Å². The molecule has 4 nitrogen and oxygen atoms in total. The summed E-state index contributed by atoms with van der Waals surface area (Å²) in [6, 6.07) is 5.37. The zero-order chi connectivity index (χ0) is 12.5. The van der Waals surface area contributed by atoms with E-state index in [4.69, 9.17) is 5.26 Å². The van der Waals surface area contributed by atoms with E-state index in [0.29, 0.717) is 23.2 Å². The number of nitriles is 1. The van der Waals surface area contributed by atoms with Crippen LogP contribution in [0.5, 0.6) is 0 Å². The number of nitrogens with zero attached hydrogens (tertiary/aromatic N) is 2. The minimum absolute atomic E-state index is 0.109. The lowest BCUT2D eigenvalue weighted by Gasteiger charge is -2.14. The largest absolute Gasteiger partial charge is 0.310 e. The third-order valence-corrected chi connectivity index (χ3v) is 3.71. The fourth-order valence-electron chi connectivity index (χ4n) is 2.47. The van der Waals surface area contributed by atoms with Gasteiger partial charge in [-0.3, -0.25) is 4.79 Å². The molecule has 0 radical (unpaired) electrons. The van der Waals surface area contributed by atoms with Crippen LogP contribution in [0.3, 0.4) is 0 Å². The molecule has 2 saturated carbocycles. The lowest BCUT2D eigenvalue weighted by molar-refractivity contribution is -0.121. The maximum Gasteiger partial charge on any atom is 0.229 e. The predicted octanol–water partition coefficient (Wildman–Crippen LogP) is 2.33. The van der Waals surface area contributed by atoms with Gasteiger partial charge in [0.15, 0.2) is 0 Å². The number of carbonyl (C=O) groups excluding carboxylic acids is 1. The molecular formula is C14H15N3O. The Bertz CT molecular complexity index is 483. The van der Waals surface area contributed by atoms with Gasteiger partial charge in [0, 0.05) is 12.1 Å². The van der Waals surface area contributed by atoms with Crippen molar-refractivity contribution in [3.05, 3.63) is 23.9 Å². The van der Waals surface area contributed by atoms with E-state index in [1.54, 1.807) is 12.1 Å². The number of anilines is 1. The van der Waals surface area contributed by atoms with E-state index in [9.17, 15) is 4.79 Å². The van der Waals surface area contributed by atoms with E-state index in [2.05, 4.69) is 10.3 Å². The monoisotopic (exact) mass is 241 g/mol. The van der Waals surface area contributed by atoms with Gasteiger partial charge in [0.2, 0.25) is 5.91 Å². The normalized spacial score (nSPS) is 18.4. The van der Waals surface area contributed by atoms with Gasteiger partial charge >= 0.3 is 0 Å². The summed E-state index contributed by atoms with van der Waals surface area (Å²) >= 11 is 0. The van der Waals surface area contributed by atoms with E-state index in [1.807, 2.05) is 6.07 Å². The van der Waals surface area contributed by atoms with Crippen molar-refractivity contribution in [1.29, 1.82) is 5.26 Å². The quantitative estimate of drug-likeness (QED) is 0.879. The molecule has 3 rings (SSSR count). The molecule has 1 amide bonds. The van der Waals surface area contributed by atoms with Gasteiger partial charge in [0.1, 0.15) is 11.9 Å². The molecule has 4 heteroatoms. The van der Waals surface area contributed by atoms with E-state index in [0.717, 1.165) is 0 Å². The lowest BCUT2D eigenvalue weighted by atomic mass is 9.97. The molecule has 0 atom stereocenters. The van der Waals surface area contributed by atoms with Crippen LogP contribution in [0.1, 0.15) is 31.2 Å². The fourth-order valence-corrected chi connectivity index (χ4v) is 2.47. The molecule has 0 saturated heterocycles. The molecule has 0 bridgehead atoms. The summed E-state index contributed by atoms with van der Waals surface area (Å²) in [6.45, 7) is 0. The fraction of sp³-hybridized carbons (Fsp3) is 0.500. The van der Waals surface area contributed by atoms with Gasteiger partial charge in [-0.25, -0.2) is 4.98 Å². The molecule has 0 aliphatic heterocycles. The van der Waals surface area contributed by atoms with Gasteiger partial charge < -0.3 is 5.32 Å². The highest BCUT2D eigenvalue weighted by molar-refractivity contribution is 5.92. The molecule has 1 aromatic rings. The Hall–Kier alpha value is -1.89. The van der Waals surface area contributed by atoms with Crippen molar-refractivity contribution in [3.8, 4) is 6.07 Å². The lowest BCUT2D eigenvalue weighted by Crippen LogP contribution is -2.26. The summed E-state index contributed by atoms with van der Waals surface area (Å²) in [5.41, 5.74) is 0.508. The molecule has 1 aromatic heterocycles. The Morgan fingerprint density at radius 3 is 2.44 bits per heavy atom. The molecule has 92 valence electrons. The van der Waals surface area contributed by atoms with E-state index in [1.165, 1.54) is 31.9 Å². The smallest absolute Gasteiger partial charge is 0.229 e. The van der Waals surface area contributed by atoms with Crippen molar-refractivity contribution in [2.75, 3.05) is 5.32 Å². The van der Waals surface area contributed by atoms with Crippen LogP contribution in [-0.4, -0.2) is 10.9 Å². The van der Waals surface area contributed by atoms with Gasteiger partial charge in [0.25, 0.3) is 0 Å². The zero-order valence-corrected chi connectivity index (χ0v) is 10.1. The third-order valence-electron chi connectivity index (χ3n) is 3.71. The molecule has 1 N–H and O–H groups in total. The first kappa shape index (κ1) is 11.2. The third kappa shape index (κ3) is 2.35. The number of pyridine rings is 1. The molecule has 18 heavy (non-hydrogen) atoms. The Morgan fingerprint density at radius 2 is 2.00 bits per heavy atom. The van der Waals surface area contributed by atoms with Gasteiger partial charge in [-0.15, -0.1) is 0 Å². The highest BCUT2D eigenvalue weighted by Gasteiger charge is 2.45. The Labute approximate surface area is 106 Å². The minimum Gasteiger partial charge on any atom is -0.310 e. The summed E-state index contributed by atoms with van der Waals surface area (Å²) in [4.78, 5) is 16.3. The van der Waals surface area contributed by atoms with Crippen molar-refractivity contribution in [2.45, 2.75) is 25.7 Å². The molecule has 0 aromatic carbocycles. The van der Waals surface area contributed by atoms with E-state index >= 15 is 0 Å². The van der Waals surface area contributed by atoms with Gasteiger partial charge in [-0.05, 0) is 49.7 Å². The number of amides is 1. The number of aromatic nitrogens is 1. The molecule has 0 spiro atoms. The highest BCUT2D eigenvalue weighted by Crippen LogP contribution is 2.49. The van der Waals surface area contributed by atoms with Gasteiger partial charge in [0.05, 0.1) is 5.56 Å². The second-order valence-electron chi connectivity index (χ2n) is 5.23. The summed E-state index contributed by atoms with van der Waals surface area (Å²) in [5.74, 6) is 2.02. The first-order valence-electron chi connectivity index (χ1n) is 6.45. The molecule has 2 aliphatic rings. The number of carbonyl (C=O) groups is 1. The molecule has 2 aliphatic carbocycles. The second-order valence-corrected chi connectivity index (χ2v) is 5.23. The maximum atomic E-state index is 12.2. The van der Waals surface area contributed by atoms with Crippen LogP contribution in [0.25, 0.3) is 0 Å². The van der Waals surface area contributed by atoms with Crippen LogP contribution in [0.15, 0.2) is 18.3 Å². The Morgan fingerprint density at radius 1 is 1.33 bits per heavy atom. The average molecular weight is 241 g/mol. The summed E-state index contributed by atoms with van der Waals surface area (Å²) in [7, 11) is 0. The topological polar surface area (TPSA) is 65.8 Å². The van der Waals surface area contributed by atoms with Crippen molar-refractivity contribution in [2.24, 2.45) is 17.8 Å². The van der Waals surface area contributed by atoms with Crippen molar-refractivity contribution < 1.29 is 4.79 Å². The average Bonchev–Trinajstić information content (AvgIpc) is 3.24. The first-order chi connectivity index (χ1) is 8.78. The first-order valence-corrected chi connectivity index (χ1v) is 6.45. The Balaban J connectivity index is 1.67. The number of hydrogen-bond acceptors (Lipinski definition) is 3.